The number of benzene rings is 1. The summed E-state index contributed by atoms with van der Waals surface area (Å²) in [7, 11) is 0. The lowest BCUT2D eigenvalue weighted by molar-refractivity contribution is 0.0684. The van der Waals surface area contributed by atoms with E-state index < -0.39 is 11.9 Å². The molecule has 1 heterocycles. The summed E-state index contributed by atoms with van der Waals surface area (Å²) < 4.78 is 5.43. The Morgan fingerprint density at radius 3 is 2.50 bits per heavy atom. The summed E-state index contributed by atoms with van der Waals surface area (Å²) in [6.07, 6.45) is 1.39. The number of pyridine rings is 1. The minimum absolute atomic E-state index is 0.138. The minimum Gasteiger partial charge on any atom is -0.486 e. The highest BCUT2D eigenvalue weighted by molar-refractivity contribution is 5.92. The number of carbonyl (C=O) groups excluding carboxylic acids is 1. The van der Waals surface area contributed by atoms with Crippen molar-refractivity contribution in [1.29, 1.82) is 0 Å². The third kappa shape index (κ3) is 3.11. The summed E-state index contributed by atoms with van der Waals surface area (Å²) in [6, 6.07) is 9.69. The Hall–Kier alpha value is -2.89. The number of carboxylic acid groups (broad SMARTS) is 1. The van der Waals surface area contributed by atoms with Gasteiger partial charge < -0.3 is 15.6 Å². The number of nitrogens with two attached hydrogens (primary N) is 1. The van der Waals surface area contributed by atoms with E-state index in [0.29, 0.717) is 5.56 Å². The molecule has 102 valence electrons. The zero-order chi connectivity index (χ0) is 14.5. The van der Waals surface area contributed by atoms with Crippen LogP contribution in [0, 0.1) is 0 Å². The average Bonchev–Trinajstić information content (AvgIpc) is 2.45. The van der Waals surface area contributed by atoms with Gasteiger partial charge in [0.2, 0.25) is 5.91 Å². The number of ether oxygens (including phenoxy) is 1. The molecule has 0 saturated carbocycles. The van der Waals surface area contributed by atoms with Crippen LogP contribution < -0.4 is 10.5 Å². The van der Waals surface area contributed by atoms with Crippen molar-refractivity contribution in [3.8, 4) is 5.75 Å². The van der Waals surface area contributed by atoms with Gasteiger partial charge in [0.05, 0.1) is 0 Å². The van der Waals surface area contributed by atoms with Gasteiger partial charge in [-0.3, -0.25) is 4.79 Å². The summed E-state index contributed by atoms with van der Waals surface area (Å²) >= 11 is 0. The van der Waals surface area contributed by atoms with E-state index in [4.69, 9.17) is 15.6 Å². The van der Waals surface area contributed by atoms with Gasteiger partial charge in [0.15, 0.2) is 11.4 Å². The van der Waals surface area contributed by atoms with E-state index in [1.54, 1.807) is 30.3 Å². The molecule has 1 amide bonds. The number of hydrogen-bond acceptors (Lipinski definition) is 4. The van der Waals surface area contributed by atoms with Crippen LogP contribution in [0.25, 0.3) is 0 Å². The number of hydrogen-bond donors (Lipinski definition) is 2. The molecule has 2 aromatic rings. The van der Waals surface area contributed by atoms with Gasteiger partial charge in [-0.25, -0.2) is 9.78 Å². The van der Waals surface area contributed by atoms with Crippen LogP contribution in [0.2, 0.25) is 0 Å². The van der Waals surface area contributed by atoms with Crippen molar-refractivity contribution >= 4 is 11.9 Å². The van der Waals surface area contributed by atoms with E-state index in [2.05, 4.69) is 4.98 Å². The van der Waals surface area contributed by atoms with Crippen LogP contribution in [-0.4, -0.2) is 22.0 Å². The molecule has 0 saturated heterocycles. The van der Waals surface area contributed by atoms with Gasteiger partial charge in [0.25, 0.3) is 0 Å². The highest BCUT2D eigenvalue weighted by Gasteiger charge is 2.12. The zero-order valence-corrected chi connectivity index (χ0v) is 10.4. The lowest BCUT2D eigenvalue weighted by atomic mass is 10.1. The Bertz CT molecular complexity index is 638. The molecule has 0 aliphatic rings. The number of carboxylic acids is 1. The Balaban J connectivity index is 2.09. The van der Waals surface area contributed by atoms with E-state index in [1.165, 1.54) is 12.3 Å². The molecule has 0 radical (unpaired) electrons. The first-order valence-corrected chi connectivity index (χ1v) is 5.78. The van der Waals surface area contributed by atoms with Crippen molar-refractivity contribution in [2.75, 3.05) is 0 Å². The summed E-state index contributed by atoms with van der Waals surface area (Å²) in [5.74, 6) is -1.46. The molecule has 0 unspecified atom stereocenters. The van der Waals surface area contributed by atoms with E-state index in [0.717, 1.165) is 5.56 Å². The lowest BCUT2D eigenvalue weighted by Crippen LogP contribution is -2.10. The number of aromatic carboxylic acids is 1. The predicted molar refractivity (Wildman–Crippen MR) is 70.5 cm³/mol. The van der Waals surface area contributed by atoms with Crippen LogP contribution in [0.15, 0.2) is 42.6 Å². The standard InChI is InChI=1S/C14H12N2O4/c15-13(17)10-5-3-9(4-6-10)8-20-11-2-1-7-16-12(11)14(18)19/h1-7H,8H2,(H2,15,17)(H,18,19). The van der Waals surface area contributed by atoms with Crippen molar-refractivity contribution in [2.24, 2.45) is 5.73 Å². The van der Waals surface area contributed by atoms with E-state index in [9.17, 15) is 9.59 Å². The SMILES string of the molecule is NC(=O)c1ccc(COc2cccnc2C(=O)O)cc1. The highest BCUT2D eigenvalue weighted by Crippen LogP contribution is 2.17. The molecule has 3 N–H and O–H groups in total. The van der Waals surface area contributed by atoms with Crippen molar-refractivity contribution in [3.05, 3.63) is 59.4 Å². The number of rotatable bonds is 5. The fourth-order valence-corrected chi connectivity index (χ4v) is 1.59. The van der Waals surface area contributed by atoms with Crippen molar-refractivity contribution in [1.82, 2.24) is 4.98 Å². The first-order chi connectivity index (χ1) is 9.58. The highest BCUT2D eigenvalue weighted by atomic mass is 16.5. The van der Waals surface area contributed by atoms with Gasteiger partial charge in [-0.1, -0.05) is 12.1 Å². The topological polar surface area (TPSA) is 103 Å². The summed E-state index contributed by atoms with van der Waals surface area (Å²) in [5, 5.41) is 8.97. The summed E-state index contributed by atoms with van der Waals surface area (Å²) in [6.45, 7) is 0.172. The molecule has 0 aliphatic heterocycles. The fraction of sp³-hybridized carbons (Fsp3) is 0.0714. The van der Waals surface area contributed by atoms with Crippen LogP contribution in [0.4, 0.5) is 0 Å². The van der Waals surface area contributed by atoms with Gasteiger partial charge in [-0.15, -0.1) is 0 Å². The first-order valence-electron chi connectivity index (χ1n) is 5.78. The van der Waals surface area contributed by atoms with Gasteiger partial charge in [-0.2, -0.15) is 0 Å². The molecular weight excluding hydrogens is 260 g/mol. The monoisotopic (exact) mass is 272 g/mol. The summed E-state index contributed by atoms with van der Waals surface area (Å²) in [4.78, 5) is 25.6. The maximum atomic E-state index is 11.0. The molecule has 1 aromatic carbocycles. The van der Waals surface area contributed by atoms with Gasteiger partial charge in [-0.05, 0) is 29.8 Å². The van der Waals surface area contributed by atoms with Crippen LogP contribution in [0.3, 0.4) is 0 Å². The predicted octanol–water partition coefficient (Wildman–Crippen LogP) is 1.46. The Morgan fingerprint density at radius 2 is 1.90 bits per heavy atom. The molecule has 6 nitrogen and oxygen atoms in total. The molecule has 0 aliphatic carbocycles. The molecule has 0 fully saturated rings. The molecule has 0 bridgehead atoms. The maximum Gasteiger partial charge on any atom is 0.358 e. The molecule has 0 atom stereocenters. The normalized spacial score (nSPS) is 10.0. The third-order valence-corrected chi connectivity index (χ3v) is 2.61. The third-order valence-electron chi connectivity index (χ3n) is 2.61. The van der Waals surface area contributed by atoms with Crippen molar-refractivity contribution < 1.29 is 19.4 Å². The fourth-order valence-electron chi connectivity index (χ4n) is 1.59. The smallest absolute Gasteiger partial charge is 0.358 e. The molecular formula is C14H12N2O4. The number of amides is 1. The van der Waals surface area contributed by atoms with Crippen molar-refractivity contribution in [3.63, 3.8) is 0 Å². The summed E-state index contributed by atoms with van der Waals surface area (Å²) in [5.41, 5.74) is 6.19. The molecule has 20 heavy (non-hydrogen) atoms. The lowest BCUT2D eigenvalue weighted by Gasteiger charge is -2.08. The second kappa shape index (κ2) is 5.83. The zero-order valence-electron chi connectivity index (χ0n) is 10.4. The first kappa shape index (κ1) is 13.5. The van der Waals surface area contributed by atoms with E-state index in [1.807, 2.05) is 0 Å². The van der Waals surface area contributed by atoms with Crippen molar-refractivity contribution in [2.45, 2.75) is 6.61 Å². The van der Waals surface area contributed by atoms with Gasteiger partial charge in [0.1, 0.15) is 6.61 Å². The quantitative estimate of drug-likeness (QED) is 0.857. The van der Waals surface area contributed by atoms with Gasteiger partial charge in [0, 0.05) is 11.8 Å². The van der Waals surface area contributed by atoms with Crippen LogP contribution >= 0.6 is 0 Å². The second-order valence-electron chi connectivity index (χ2n) is 4.01. The molecule has 6 heteroatoms. The van der Waals surface area contributed by atoms with E-state index >= 15 is 0 Å². The van der Waals surface area contributed by atoms with Gasteiger partial charge >= 0.3 is 5.97 Å². The number of carbonyl (C=O) groups is 2. The number of aromatic nitrogens is 1. The average molecular weight is 272 g/mol. The minimum atomic E-state index is -1.15. The van der Waals surface area contributed by atoms with E-state index in [-0.39, 0.29) is 18.1 Å². The molecule has 2 rings (SSSR count). The second-order valence-corrected chi connectivity index (χ2v) is 4.01. The maximum absolute atomic E-state index is 11.0. The molecule has 1 aromatic heterocycles. The largest absolute Gasteiger partial charge is 0.486 e. The molecule has 0 spiro atoms. The Labute approximate surface area is 114 Å². The Morgan fingerprint density at radius 1 is 1.20 bits per heavy atom. The number of nitrogens with zero attached hydrogens (tertiary/aromatic N) is 1. The van der Waals surface area contributed by atoms with Crippen LogP contribution in [0.1, 0.15) is 26.4 Å². The van der Waals surface area contributed by atoms with Crippen LogP contribution in [-0.2, 0) is 6.61 Å². The number of primary amides is 1. The Kier molecular flexibility index (Phi) is 3.95. The van der Waals surface area contributed by atoms with Crippen LogP contribution in [0.5, 0.6) is 5.75 Å².